The average molecular weight is 806 g/mol. The molecule has 0 saturated carbocycles. The van der Waals surface area contributed by atoms with Gasteiger partial charge in [-0.3, -0.25) is 9.55 Å². The molecule has 13 rings (SSSR count). The monoisotopic (exact) mass is 805 g/mol. The lowest BCUT2D eigenvalue weighted by molar-refractivity contribution is 0.951. The Labute approximate surface area is 361 Å². The van der Waals surface area contributed by atoms with Crippen molar-refractivity contribution >= 4 is 65.5 Å². The van der Waals surface area contributed by atoms with Crippen molar-refractivity contribution in [1.82, 2.24) is 33.6 Å². The SMILES string of the molecule is c1ccc(-c2nc(-c3ccccc3-n3c4ccccc4c4ncccc43)nc(-n3c4ccccc4c4cc(-c5ccc6c(c5)c5ccccc5n6-c5ccccc5)ccc43)n2)cc1. The Kier molecular flexibility index (Phi) is 7.77. The first-order valence-electron chi connectivity index (χ1n) is 21.1. The summed E-state index contributed by atoms with van der Waals surface area (Å²) in [5, 5.41) is 5.78. The zero-order chi connectivity index (χ0) is 41.4. The lowest BCUT2D eigenvalue weighted by atomic mass is 10.0. The molecule has 0 aliphatic rings. The molecule has 294 valence electrons. The van der Waals surface area contributed by atoms with Crippen LogP contribution < -0.4 is 0 Å². The van der Waals surface area contributed by atoms with Crippen molar-refractivity contribution in [3.05, 3.63) is 212 Å². The Morgan fingerprint density at radius 3 is 1.56 bits per heavy atom. The van der Waals surface area contributed by atoms with Crippen LogP contribution in [0, 0.1) is 0 Å². The molecule has 8 aromatic carbocycles. The molecule has 0 aliphatic carbocycles. The number of para-hydroxylation sites is 5. The van der Waals surface area contributed by atoms with Gasteiger partial charge in [-0.1, -0.05) is 127 Å². The van der Waals surface area contributed by atoms with Crippen molar-refractivity contribution in [1.29, 1.82) is 0 Å². The van der Waals surface area contributed by atoms with Crippen LogP contribution in [0.3, 0.4) is 0 Å². The molecule has 0 aliphatic heterocycles. The number of nitrogens with zero attached hydrogens (tertiary/aromatic N) is 7. The molecule has 0 saturated heterocycles. The third-order valence-corrected chi connectivity index (χ3v) is 12.4. The molecular formula is C56H35N7. The van der Waals surface area contributed by atoms with Crippen LogP contribution in [-0.4, -0.2) is 33.6 Å². The molecule has 0 radical (unpaired) electrons. The number of hydrogen-bond acceptors (Lipinski definition) is 4. The molecule has 13 aromatic rings. The maximum absolute atomic E-state index is 5.38. The average Bonchev–Trinajstić information content (AvgIpc) is 4.00. The number of aromatic nitrogens is 7. The summed E-state index contributed by atoms with van der Waals surface area (Å²) in [6.07, 6.45) is 1.86. The highest BCUT2D eigenvalue weighted by molar-refractivity contribution is 6.13. The van der Waals surface area contributed by atoms with Gasteiger partial charge in [-0.05, 0) is 90.0 Å². The Hall–Kier alpha value is -8.68. The second-order valence-electron chi connectivity index (χ2n) is 15.9. The summed E-state index contributed by atoms with van der Waals surface area (Å²) < 4.78 is 6.82. The predicted octanol–water partition coefficient (Wildman–Crippen LogP) is 13.6. The van der Waals surface area contributed by atoms with Crippen molar-refractivity contribution in [2.75, 3.05) is 0 Å². The third kappa shape index (κ3) is 5.46. The number of benzene rings is 8. The van der Waals surface area contributed by atoms with Crippen molar-refractivity contribution in [3.63, 3.8) is 0 Å². The normalized spacial score (nSPS) is 11.8. The topological polar surface area (TPSA) is 66.3 Å². The van der Waals surface area contributed by atoms with E-state index in [1.807, 2.05) is 30.5 Å². The van der Waals surface area contributed by atoms with Crippen LogP contribution in [0.4, 0.5) is 0 Å². The van der Waals surface area contributed by atoms with Crippen molar-refractivity contribution in [3.8, 4) is 51.2 Å². The largest absolute Gasteiger partial charge is 0.309 e. The highest BCUT2D eigenvalue weighted by Crippen LogP contribution is 2.39. The van der Waals surface area contributed by atoms with E-state index in [1.165, 1.54) is 21.8 Å². The van der Waals surface area contributed by atoms with Crippen LogP contribution >= 0.6 is 0 Å². The predicted molar refractivity (Wildman–Crippen MR) is 257 cm³/mol. The van der Waals surface area contributed by atoms with Gasteiger partial charge < -0.3 is 9.13 Å². The number of hydrogen-bond donors (Lipinski definition) is 0. The molecule has 7 nitrogen and oxygen atoms in total. The minimum atomic E-state index is 0.548. The highest BCUT2D eigenvalue weighted by atomic mass is 15.2. The highest BCUT2D eigenvalue weighted by Gasteiger charge is 2.22. The zero-order valence-corrected chi connectivity index (χ0v) is 33.8. The molecule has 5 aromatic heterocycles. The molecule has 0 N–H and O–H groups in total. The van der Waals surface area contributed by atoms with Crippen molar-refractivity contribution in [2.45, 2.75) is 0 Å². The van der Waals surface area contributed by atoms with Gasteiger partial charge in [-0.25, -0.2) is 4.98 Å². The minimum Gasteiger partial charge on any atom is -0.309 e. The number of pyridine rings is 1. The Morgan fingerprint density at radius 1 is 0.317 bits per heavy atom. The summed E-state index contributed by atoms with van der Waals surface area (Å²) in [4.78, 5) is 20.7. The first-order chi connectivity index (χ1) is 31.3. The maximum atomic E-state index is 5.38. The second-order valence-corrected chi connectivity index (χ2v) is 15.9. The Morgan fingerprint density at radius 2 is 0.841 bits per heavy atom. The third-order valence-electron chi connectivity index (χ3n) is 12.4. The number of rotatable bonds is 6. The van der Waals surface area contributed by atoms with Gasteiger partial charge in [0, 0.05) is 49.9 Å². The summed E-state index contributed by atoms with van der Waals surface area (Å²) in [5.41, 5.74) is 13.6. The number of fused-ring (bicyclic) bond motifs is 9. The molecule has 0 amide bonds. The molecular weight excluding hydrogens is 771 g/mol. The first-order valence-corrected chi connectivity index (χ1v) is 21.1. The molecule has 0 fully saturated rings. The fourth-order valence-corrected chi connectivity index (χ4v) is 9.58. The fraction of sp³-hybridized carbons (Fsp3) is 0. The van der Waals surface area contributed by atoms with E-state index in [1.54, 1.807) is 0 Å². The molecule has 63 heavy (non-hydrogen) atoms. The van der Waals surface area contributed by atoms with Crippen LogP contribution in [0.1, 0.15) is 0 Å². The lowest BCUT2D eigenvalue weighted by Gasteiger charge is -2.15. The molecule has 0 bridgehead atoms. The molecule has 0 atom stereocenters. The summed E-state index contributed by atoms with van der Waals surface area (Å²) >= 11 is 0. The van der Waals surface area contributed by atoms with Crippen LogP contribution in [0.5, 0.6) is 0 Å². The van der Waals surface area contributed by atoms with E-state index in [2.05, 4.69) is 196 Å². The van der Waals surface area contributed by atoms with Gasteiger partial charge in [0.05, 0.1) is 44.3 Å². The Balaban J connectivity index is 1.01. The van der Waals surface area contributed by atoms with E-state index < -0.39 is 0 Å². The van der Waals surface area contributed by atoms with Crippen LogP contribution in [0.25, 0.3) is 117 Å². The van der Waals surface area contributed by atoms with E-state index in [4.69, 9.17) is 19.9 Å². The van der Waals surface area contributed by atoms with Crippen LogP contribution in [0.2, 0.25) is 0 Å². The summed E-state index contributed by atoms with van der Waals surface area (Å²) in [5.74, 6) is 1.72. The summed E-state index contributed by atoms with van der Waals surface area (Å²) in [6.45, 7) is 0. The maximum Gasteiger partial charge on any atom is 0.238 e. The zero-order valence-electron chi connectivity index (χ0n) is 33.8. The second kappa shape index (κ2) is 13.9. The summed E-state index contributed by atoms with van der Waals surface area (Å²) in [6, 6.07) is 72.5. The van der Waals surface area contributed by atoms with E-state index >= 15 is 0 Å². The van der Waals surface area contributed by atoms with Gasteiger partial charge in [0.15, 0.2) is 11.6 Å². The van der Waals surface area contributed by atoms with E-state index in [0.29, 0.717) is 17.6 Å². The smallest absolute Gasteiger partial charge is 0.238 e. The Bertz CT molecular complexity index is 3860. The summed E-state index contributed by atoms with van der Waals surface area (Å²) in [7, 11) is 0. The van der Waals surface area contributed by atoms with E-state index in [9.17, 15) is 0 Å². The van der Waals surface area contributed by atoms with Gasteiger partial charge in [0.2, 0.25) is 5.95 Å². The lowest BCUT2D eigenvalue weighted by Crippen LogP contribution is -2.07. The van der Waals surface area contributed by atoms with Gasteiger partial charge in [0.1, 0.15) is 0 Å². The van der Waals surface area contributed by atoms with E-state index in [0.717, 1.165) is 77.4 Å². The van der Waals surface area contributed by atoms with E-state index in [-0.39, 0.29) is 0 Å². The van der Waals surface area contributed by atoms with Crippen molar-refractivity contribution < 1.29 is 0 Å². The molecule has 0 unspecified atom stereocenters. The van der Waals surface area contributed by atoms with Gasteiger partial charge >= 0.3 is 0 Å². The van der Waals surface area contributed by atoms with Crippen molar-refractivity contribution in [2.24, 2.45) is 0 Å². The molecule has 5 heterocycles. The minimum absolute atomic E-state index is 0.548. The molecule has 7 heteroatoms. The standard InChI is InChI=1S/C56H35N7/c1-3-16-36(17-4-1)54-58-55(43-23-10-14-27-49(43)62-48-26-13-9-22-42(48)53-52(62)28-15-33-57-53)60-56(59-54)63-47-25-12-8-21-41(47)45-35-38(30-32-51(45)63)37-29-31-50-44(34-37)40-20-7-11-24-46(40)61(50)39-18-5-2-6-19-39/h1-35H. The van der Waals surface area contributed by atoms with Gasteiger partial charge in [-0.15, -0.1) is 0 Å². The van der Waals surface area contributed by atoms with Gasteiger partial charge in [-0.2, -0.15) is 9.97 Å². The fourth-order valence-electron chi connectivity index (χ4n) is 9.58. The molecule has 0 spiro atoms. The van der Waals surface area contributed by atoms with Crippen LogP contribution in [-0.2, 0) is 0 Å². The quantitative estimate of drug-likeness (QED) is 0.168. The first kappa shape index (κ1) is 35.1. The van der Waals surface area contributed by atoms with Gasteiger partial charge in [0.25, 0.3) is 0 Å². The van der Waals surface area contributed by atoms with Crippen LogP contribution in [0.15, 0.2) is 212 Å².